The number of esters is 1. The van der Waals surface area contributed by atoms with Gasteiger partial charge in [-0.15, -0.1) is 11.8 Å². The normalized spacial score (nSPS) is 9.81. The number of carbonyl (C=O) groups excluding carboxylic acids is 1. The summed E-state index contributed by atoms with van der Waals surface area (Å²) in [5.41, 5.74) is 0. The molecule has 0 atom stereocenters. The summed E-state index contributed by atoms with van der Waals surface area (Å²) in [6.45, 7) is 1.33. The van der Waals surface area contributed by atoms with Gasteiger partial charge in [-0.2, -0.15) is 0 Å². The SMILES string of the molecule is CC(=O)Oc1ccccc1SCCC(=O)O. The van der Waals surface area contributed by atoms with E-state index in [0.29, 0.717) is 11.5 Å². The van der Waals surface area contributed by atoms with Crippen molar-refractivity contribution in [2.75, 3.05) is 5.75 Å². The van der Waals surface area contributed by atoms with Crippen LogP contribution in [0.2, 0.25) is 0 Å². The largest absolute Gasteiger partial charge is 0.481 e. The van der Waals surface area contributed by atoms with E-state index in [1.54, 1.807) is 18.2 Å². The van der Waals surface area contributed by atoms with Crippen molar-refractivity contribution in [2.24, 2.45) is 0 Å². The van der Waals surface area contributed by atoms with E-state index in [2.05, 4.69) is 0 Å². The fraction of sp³-hybridized carbons (Fsp3) is 0.273. The molecular formula is C11H12O4S. The molecule has 4 nitrogen and oxygen atoms in total. The van der Waals surface area contributed by atoms with Gasteiger partial charge in [0.2, 0.25) is 0 Å². The van der Waals surface area contributed by atoms with E-state index in [0.717, 1.165) is 4.90 Å². The average Bonchev–Trinajstić information content (AvgIpc) is 2.19. The molecule has 0 spiro atoms. The van der Waals surface area contributed by atoms with E-state index >= 15 is 0 Å². The second kappa shape index (κ2) is 6.17. The third kappa shape index (κ3) is 4.35. The molecule has 0 bridgehead atoms. The Kier molecular flexibility index (Phi) is 4.85. The molecule has 0 amide bonds. The van der Waals surface area contributed by atoms with Crippen molar-refractivity contribution in [3.8, 4) is 5.75 Å². The van der Waals surface area contributed by atoms with Gasteiger partial charge < -0.3 is 9.84 Å². The maximum Gasteiger partial charge on any atom is 0.308 e. The molecule has 1 rings (SSSR count). The highest BCUT2D eigenvalue weighted by Gasteiger charge is 2.06. The van der Waals surface area contributed by atoms with E-state index in [4.69, 9.17) is 9.84 Å². The molecule has 86 valence electrons. The zero-order valence-corrected chi connectivity index (χ0v) is 9.62. The third-order valence-electron chi connectivity index (χ3n) is 1.68. The summed E-state index contributed by atoms with van der Waals surface area (Å²) in [7, 11) is 0. The first-order chi connectivity index (χ1) is 7.59. The topological polar surface area (TPSA) is 63.6 Å². The summed E-state index contributed by atoms with van der Waals surface area (Å²) in [5.74, 6) is -0.290. The van der Waals surface area contributed by atoms with Gasteiger partial charge in [-0.1, -0.05) is 12.1 Å². The van der Waals surface area contributed by atoms with Crippen LogP contribution in [0.1, 0.15) is 13.3 Å². The fourth-order valence-electron chi connectivity index (χ4n) is 1.06. The molecule has 1 aromatic rings. The third-order valence-corrected chi connectivity index (χ3v) is 2.73. The highest BCUT2D eigenvalue weighted by Crippen LogP contribution is 2.29. The molecule has 0 aliphatic carbocycles. The van der Waals surface area contributed by atoms with Crippen molar-refractivity contribution in [1.82, 2.24) is 0 Å². The van der Waals surface area contributed by atoms with Crippen LogP contribution < -0.4 is 4.74 Å². The molecule has 1 N–H and O–H groups in total. The number of carbonyl (C=O) groups is 2. The first-order valence-corrected chi connectivity index (χ1v) is 5.70. The van der Waals surface area contributed by atoms with Crippen LogP contribution in [0, 0.1) is 0 Å². The van der Waals surface area contributed by atoms with Gasteiger partial charge in [0.1, 0.15) is 5.75 Å². The van der Waals surface area contributed by atoms with Crippen molar-refractivity contribution in [2.45, 2.75) is 18.2 Å². The second-order valence-corrected chi connectivity index (χ2v) is 4.17. The van der Waals surface area contributed by atoms with Gasteiger partial charge in [-0.25, -0.2) is 0 Å². The van der Waals surface area contributed by atoms with Crippen LogP contribution in [0.5, 0.6) is 5.75 Å². The maximum atomic E-state index is 10.8. The van der Waals surface area contributed by atoms with Crippen LogP contribution in [0.3, 0.4) is 0 Å². The number of carboxylic acids is 1. The summed E-state index contributed by atoms with van der Waals surface area (Å²) in [6, 6.07) is 7.06. The Hall–Kier alpha value is -1.49. The Morgan fingerprint density at radius 1 is 1.38 bits per heavy atom. The monoisotopic (exact) mass is 240 g/mol. The number of rotatable bonds is 5. The van der Waals surface area contributed by atoms with E-state index in [1.165, 1.54) is 18.7 Å². The van der Waals surface area contributed by atoms with Crippen molar-refractivity contribution in [3.05, 3.63) is 24.3 Å². The first kappa shape index (κ1) is 12.6. The average molecular weight is 240 g/mol. The molecule has 0 aliphatic rings. The van der Waals surface area contributed by atoms with Gasteiger partial charge in [0.15, 0.2) is 0 Å². The summed E-state index contributed by atoms with van der Waals surface area (Å²) < 4.78 is 5.00. The quantitative estimate of drug-likeness (QED) is 0.485. The lowest BCUT2D eigenvalue weighted by Gasteiger charge is -2.07. The number of thioether (sulfide) groups is 1. The first-order valence-electron chi connectivity index (χ1n) is 4.71. The minimum Gasteiger partial charge on any atom is -0.481 e. The Morgan fingerprint density at radius 2 is 2.06 bits per heavy atom. The molecule has 0 saturated carbocycles. The van der Waals surface area contributed by atoms with E-state index < -0.39 is 5.97 Å². The fourth-order valence-corrected chi connectivity index (χ4v) is 1.98. The Labute approximate surface area is 97.6 Å². The maximum absolute atomic E-state index is 10.8. The number of ether oxygens (including phenoxy) is 1. The van der Waals surface area contributed by atoms with Crippen molar-refractivity contribution in [1.29, 1.82) is 0 Å². The minimum absolute atomic E-state index is 0.0824. The molecule has 0 aliphatic heterocycles. The van der Waals surface area contributed by atoms with Gasteiger partial charge >= 0.3 is 11.9 Å². The summed E-state index contributed by atoms with van der Waals surface area (Å²) in [5, 5.41) is 8.51. The van der Waals surface area contributed by atoms with Gasteiger partial charge in [0.05, 0.1) is 11.3 Å². The summed E-state index contributed by atoms with van der Waals surface area (Å²) in [6.07, 6.45) is 0.0824. The highest BCUT2D eigenvalue weighted by atomic mass is 32.2. The Bertz CT molecular complexity index is 389. The lowest BCUT2D eigenvalue weighted by molar-refractivity contribution is -0.136. The van der Waals surface area contributed by atoms with Gasteiger partial charge in [-0.05, 0) is 12.1 Å². The number of aliphatic carboxylic acids is 1. The zero-order chi connectivity index (χ0) is 12.0. The lowest BCUT2D eigenvalue weighted by atomic mass is 10.3. The van der Waals surface area contributed by atoms with Crippen LogP contribution in [0.25, 0.3) is 0 Å². The highest BCUT2D eigenvalue weighted by molar-refractivity contribution is 7.99. The predicted molar refractivity (Wildman–Crippen MR) is 60.7 cm³/mol. The predicted octanol–water partition coefficient (Wildman–Crippen LogP) is 2.18. The number of hydrogen-bond acceptors (Lipinski definition) is 4. The molecule has 5 heteroatoms. The Balaban J connectivity index is 2.63. The van der Waals surface area contributed by atoms with Crippen LogP contribution in [0.4, 0.5) is 0 Å². The van der Waals surface area contributed by atoms with Crippen molar-refractivity contribution < 1.29 is 19.4 Å². The number of carboxylic acid groups (broad SMARTS) is 1. The van der Waals surface area contributed by atoms with Gasteiger partial charge in [-0.3, -0.25) is 9.59 Å². The second-order valence-electron chi connectivity index (χ2n) is 3.03. The molecule has 1 aromatic carbocycles. The van der Waals surface area contributed by atoms with E-state index in [-0.39, 0.29) is 12.4 Å². The van der Waals surface area contributed by atoms with Crippen molar-refractivity contribution in [3.63, 3.8) is 0 Å². The molecule has 0 saturated heterocycles. The van der Waals surface area contributed by atoms with Gasteiger partial charge in [0.25, 0.3) is 0 Å². The molecule has 0 heterocycles. The number of benzene rings is 1. The van der Waals surface area contributed by atoms with Crippen LogP contribution >= 0.6 is 11.8 Å². The number of para-hydroxylation sites is 1. The van der Waals surface area contributed by atoms with E-state index in [9.17, 15) is 9.59 Å². The zero-order valence-electron chi connectivity index (χ0n) is 8.80. The van der Waals surface area contributed by atoms with Gasteiger partial charge in [0, 0.05) is 12.7 Å². The summed E-state index contributed by atoms with van der Waals surface area (Å²) >= 11 is 1.36. The smallest absolute Gasteiger partial charge is 0.308 e. The van der Waals surface area contributed by atoms with Crippen LogP contribution in [-0.4, -0.2) is 22.8 Å². The van der Waals surface area contributed by atoms with Crippen LogP contribution in [0.15, 0.2) is 29.2 Å². The molecule has 0 radical (unpaired) electrons. The van der Waals surface area contributed by atoms with E-state index in [1.807, 2.05) is 6.07 Å². The summed E-state index contributed by atoms with van der Waals surface area (Å²) in [4.78, 5) is 22.0. The van der Waals surface area contributed by atoms with Crippen LogP contribution in [-0.2, 0) is 9.59 Å². The standard InChI is InChI=1S/C11H12O4S/c1-8(12)15-9-4-2-3-5-10(9)16-7-6-11(13)14/h2-5H,6-7H2,1H3,(H,13,14). The molecule has 0 unspecified atom stereocenters. The lowest BCUT2D eigenvalue weighted by Crippen LogP contribution is -2.02. The Morgan fingerprint density at radius 3 is 2.69 bits per heavy atom. The molecule has 0 aromatic heterocycles. The molecule has 0 fully saturated rings. The van der Waals surface area contributed by atoms with Crippen molar-refractivity contribution >= 4 is 23.7 Å². The molecule has 16 heavy (non-hydrogen) atoms. The number of hydrogen-bond donors (Lipinski definition) is 1. The molecular weight excluding hydrogens is 228 g/mol. The minimum atomic E-state index is -0.836.